The van der Waals surface area contributed by atoms with Gasteiger partial charge >= 0.3 is 0 Å². The van der Waals surface area contributed by atoms with Crippen molar-refractivity contribution in [3.63, 3.8) is 0 Å². The van der Waals surface area contributed by atoms with Crippen LogP contribution < -0.4 is 5.32 Å². The molecule has 1 saturated heterocycles. The molecule has 0 radical (unpaired) electrons. The van der Waals surface area contributed by atoms with Gasteiger partial charge in [-0.2, -0.15) is 5.06 Å². The normalized spacial score (nSPS) is 23.8. The van der Waals surface area contributed by atoms with Gasteiger partial charge in [0.1, 0.15) is 6.10 Å². The Morgan fingerprint density at radius 1 is 1.24 bits per heavy atom. The Bertz CT molecular complexity index is 567. The van der Waals surface area contributed by atoms with Crippen LogP contribution in [0.15, 0.2) is 30.3 Å². The van der Waals surface area contributed by atoms with Crippen LogP contribution in [-0.4, -0.2) is 28.1 Å². The van der Waals surface area contributed by atoms with Gasteiger partial charge in [0.05, 0.1) is 0 Å². The van der Waals surface area contributed by atoms with E-state index in [9.17, 15) is 4.79 Å². The van der Waals surface area contributed by atoms with E-state index in [4.69, 9.17) is 4.84 Å². The van der Waals surface area contributed by atoms with Gasteiger partial charge in [-0.3, -0.25) is 9.63 Å². The number of nitrogens with one attached hydrogen (secondary N) is 1. The Labute approximate surface area is 152 Å². The highest BCUT2D eigenvalue weighted by Crippen LogP contribution is 2.44. The SMILES string of the molecule is CCC1(CC)CC(NC(C)=O)CC(C)(C)N1OC(C)c1ccccc1. The summed E-state index contributed by atoms with van der Waals surface area (Å²) in [6.07, 6.45) is 3.78. The number of carbonyl (C=O) groups is 1. The fourth-order valence-corrected chi connectivity index (χ4v) is 4.35. The molecule has 140 valence electrons. The first kappa shape index (κ1) is 19.9. The molecule has 1 aromatic carbocycles. The van der Waals surface area contributed by atoms with Gasteiger partial charge in [0, 0.05) is 24.0 Å². The third kappa shape index (κ3) is 4.42. The van der Waals surface area contributed by atoms with E-state index >= 15 is 0 Å². The lowest BCUT2D eigenvalue weighted by atomic mass is 9.74. The van der Waals surface area contributed by atoms with Gasteiger partial charge in [0.15, 0.2) is 0 Å². The fourth-order valence-electron chi connectivity index (χ4n) is 4.35. The first-order valence-corrected chi connectivity index (χ1v) is 9.53. The standard InChI is InChI=1S/C21H34N2O2/c1-7-21(8-2)15-19(22-17(4)24)14-20(5,6)23(21)25-16(3)18-12-10-9-11-13-18/h9-13,16,19H,7-8,14-15H2,1-6H3,(H,22,24). The quantitative estimate of drug-likeness (QED) is 0.817. The van der Waals surface area contributed by atoms with Crippen LogP contribution in [-0.2, 0) is 9.63 Å². The van der Waals surface area contributed by atoms with Crippen molar-refractivity contribution in [1.82, 2.24) is 10.4 Å². The van der Waals surface area contributed by atoms with E-state index in [2.05, 4.69) is 69.3 Å². The maximum absolute atomic E-state index is 11.6. The second kappa shape index (κ2) is 7.88. The molecule has 1 aromatic rings. The third-order valence-electron chi connectivity index (χ3n) is 5.61. The van der Waals surface area contributed by atoms with Crippen molar-refractivity contribution >= 4 is 5.91 Å². The largest absolute Gasteiger partial charge is 0.353 e. The van der Waals surface area contributed by atoms with Crippen LogP contribution in [0.4, 0.5) is 0 Å². The van der Waals surface area contributed by atoms with Gasteiger partial charge in [0.2, 0.25) is 5.91 Å². The molecule has 4 nitrogen and oxygen atoms in total. The summed E-state index contributed by atoms with van der Waals surface area (Å²) in [7, 11) is 0. The van der Waals surface area contributed by atoms with E-state index in [0.717, 1.165) is 25.7 Å². The summed E-state index contributed by atoms with van der Waals surface area (Å²) in [5.74, 6) is 0.0499. The molecule has 0 aliphatic carbocycles. The predicted octanol–water partition coefficient (Wildman–Crippen LogP) is 4.62. The summed E-state index contributed by atoms with van der Waals surface area (Å²) in [5.41, 5.74) is 0.960. The summed E-state index contributed by atoms with van der Waals surface area (Å²) in [5, 5.41) is 5.39. The van der Waals surface area contributed by atoms with Crippen LogP contribution in [0.2, 0.25) is 0 Å². The maximum Gasteiger partial charge on any atom is 0.217 e. The van der Waals surface area contributed by atoms with Crippen LogP contribution in [0.25, 0.3) is 0 Å². The topological polar surface area (TPSA) is 41.6 Å². The molecule has 1 aliphatic rings. The van der Waals surface area contributed by atoms with E-state index in [0.29, 0.717) is 0 Å². The molecule has 25 heavy (non-hydrogen) atoms. The predicted molar refractivity (Wildman–Crippen MR) is 102 cm³/mol. The second-order valence-corrected chi connectivity index (χ2v) is 8.00. The van der Waals surface area contributed by atoms with Crippen molar-refractivity contribution in [3.8, 4) is 0 Å². The zero-order valence-electron chi connectivity index (χ0n) is 16.6. The molecule has 1 amide bonds. The molecular formula is C21H34N2O2. The Morgan fingerprint density at radius 3 is 2.36 bits per heavy atom. The Hall–Kier alpha value is -1.39. The van der Waals surface area contributed by atoms with Gasteiger partial charge in [-0.25, -0.2) is 0 Å². The molecule has 2 rings (SSSR count). The maximum atomic E-state index is 11.6. The highest BCUT2D eigenvalue weighted by molar-refractivity contribution is 5.73. The average Bonchev–Trinajstić information content (AvgIpc) is 2.56. The van der Waals surface area contributed by atoms with E-state index in [1.807, 2.05) is 6.07 Å². The molecule has 0 bridgehead atoms. The number of hydrogen-bond donors (Lipinski definition) is 1. The first-order chi connectivity index (χ1) is 11.7. The molecule has 1 N–H and O–H groups in total. The van der Waals surface area contributed by atoms with Gasteiger partial charge < -0.3 is 5.32 Å². The number of rotatable bonds is 6. The minimum Gasteiger partial charge on any atom is -0.353 e. The van der Waals surface area contributed by atoms with Crippen molar-refractivity contribution in [1.29, 1.82) is 0 Å². The lowest BCUT2D eigenvalue weighted by Crippen LogP contribution is -2.65. The zero-order valence-corrected chi connectivity index (χ0v) is 16.6. The van der Waals surface area contributed by atoms with Gasteiger partial charge in [-0.05, 0) is 52.0 Å². The molecule has 1 heterocycles. The van der Waals surface area contributed by atoms with E-state index in [1.165, 1.54) is 5.56 Å². The van der Waals surface area contributed by atoms with Crippen molar-refractivity contribution in [2.75, 3.05) is 0 Å². The Kier molecular flexibility index (Phi) is 6.28. The summed E-state index contributed by atoms with van der Waals surface area (Å²) in [4.78, 5) is 18.2. The van der Waals surface area contributed by atoms with Gasteiger partial charge in [0.25, 0.3) is 0 Å². The van der Waals surface area contributed by atoms with Gasteiger partial charge in [-0.1, -0.05) is 44.2 Å². The number of carbonyl (C=O) groups excluding carboxylic acids is 1. The van der Waals surface area contributed by atoms with Gasteiger partial charge in [-0.15, -0.1) is 0 Å². The summed E-state index contributed by atoms with van der Waals surface area (Å²) >= 11 is 0. The third-order valence-corrected chi connectivity index (χ3v) is 5.61. The molecule has 1 fully saturated rings. The number of piperidine rings is 1. The highest BCUT2D eigenvalue weighted by atomic mass is 16.7. The number of benzene rings is 1. The molecule has 0 spiro atoms. The molecule has 0 saturated carbocycles. The lowest BCUT2D eigenvalue weighted by Gasteiger charge is -2.57. The monoisotopic (exact) mass is 346 g/mol. The van der Waals surface area contributed by atoms with Crippen molar-refractivity contribution < 1.29 is 9.63 Å². The van der Waals surface area contributed by atoms with Crippen LogP contribution in [0.5, 0.6) is 0 Å². The molecule has 2 atom stereocenters. The molecule has 1 aliphatic heterocycles. The van der Waals surface area contributed by atoms with Crippen LogP contribution in [0, 0.1) is 0 Å². The minimum absolute atomic E-state index is 0.00438. The van der Waals surface area contributed by atoms with E-state index in [1.54, 1.807) is 6.92 Å². The minimum atomic E-state index is -0.152. The van der Waals surface area contributed by atoms with Crippen LogP contribution in [0.1, 0.15) is 78.9 Å². The molecule has 4 heteroatoms. The fraction of sp³-hybridized carbons (Fsp3) is 0.667. The summed E-state index contributed by atoms with van der Waals surface area (Å²) < 4.78 is 0. The molecule has 2 unspecified atom stereocenters. The Balaban J connectivity index is 2.28. The first-order valence-electron chi connectivity index (χ1n) is 9.53. The van der Waals surface area contributed by atoms with Crippen molar-refractivity contribution in [2.24, 2.45) is 0 Å². The molecule has 0 aromatic heterocycles. The second-order valence-electron chi connectivity index (χ2n) is 8.00. The average molecular weight is 347 g/mol. The highest BCUT2D eigenvalue weighted by Gasteiger charge is 2.50. The summed E-state index contributed by atoms with van der Waals surface area (Å²) in [6.45, 7) is 12.6. The number of hydrogen-bond acceptors (Lipinski definition) is 3. The Morgan fingerprint density at radius 2 is 1.84 bits per heavy atom. The smallest absolute Gasteiger partial charge is 0.217 e. The zero-order chi connectivity index (χ0) is 18.7. The number of amides is 1. The summed E-state index contributed by atoms with van der Waals surface area (Å²) in [6, 6.07) is 10.6. The lowest BCUT2D eigenvalue weighted by molar-refractivity contribution is -0.316. The van der Waals surface area contributed by atoms with E-state index in [-0.39, 0.29) is 29.1 Å². The van der Waals surface area contributed by atoms with Crippen LogP contribution in [0.3, 0.4) is 0 Å². The van der Waals surface area contributed by atoms with E-state index < -0.39 is 0 Å². The van der Waals surface area contributed by atoms with Crippen LogP contribution >= 0.6 is 0 Å². The van der Waals surface area contributed by atoms with Crippen molar-refractivity contribution in [3.05, 3.63) is 35.9 Å². The molecular weight excluding hydrogens is 312 g/mol. The number of nitrogens with zero attached hydrogens (tertiary/aromatic N) is 1. The van der Waals surface area contributed by atoms with Crippen molar-refractivity contribution in [2.45, 2.75) is 90.4 Å². The number of hydroxylamine groups is 2.